The molecule has 0 spiro atoms. The van der Waals surface area contributed by atoms with E-state index in [4.69, 9.17) is 4.74 Å². The summed E-state index contributed by atoms with van der Waals surface area (Å²) < 4.78 is 5.13. The van der Waals surface area contributed by atoms with Gasteiger partial charge in [0, 0.05) is 0 Å². The van der Waals surface area contributed by atoms with Gasteiger partial charge in [-0.05, 0) is 18.6 Å². The van der Waals surface area contributed by atoms with Crippen LogP contribution in [0, 0.1) is 6.92 Å². The third kappa shape index (κ3) is 2.89. The summed E-state index contributed by atoms with van der Waals surface area (Å²) in [5, 5.41) is 0. The first kappa shape index (κ1) is 7.86. The number of hydrogen-bond donors (Lipinski definition) is 0. The molecule has 0 saturated carbocycles. The van der Waals surface area contributed by atoms with Gasteiger partial charge in [-0.2, -0.15) is 0 Å². The first-order chi connectivity index (χ1) is 5.43. The molecule has 0 heterocycles. The Kier molecular flexibility index (Phi) is 3.26. The molecule has 0 N–H and O–H groups in total. The van der Waals surface area contributed by atoms with Crippen LogP contribution >= 0.6 is 0 Å². The summed E-state index contributed by atoms with van der Waals surface area (Å²) in [6.45, 7) is 4.13. The van der Waals surface area contributed by atoms with Crippen molar-refractivity contribution in [1.82, 2.24) is 0 Å². The molecule has 11 heavy (non-hydrogen) atoms. The molecule has 57 valence electrons. The number of allylic oxidation sites excluding steroid dienone is 1. The standard InChI is InChI=1S/C10H11O/c1-2-8-11-9-10-6-4-3-5-7-10/h2-8H,1,9H2/b8-2+. The maximum atomic E-state index is 5.13. The molecule has 0 amide bonds. The fourth-order valence-electron chi connectivity index (χ4n) is 0.787. The average Bonchev–Trinajstić information content (AvgIpc) is 2.07. The monoisotopic (exact) mass is 147 g/mol. The van der Waals surface area contributed by atoms with Gasteiger partial charge >= 0.3 is 0 Å². The second-order valence-corrected chi connectivity index (χ2v) is 2.17. The number of benzene rings is 1. The molecular weight excluding hydrogens is 136 g/mol. The van der Waals surface area contributed by atoms with Gasteiger partial charge in [-0.1, -0.05) is 30.3 Å². The summed E-state index contributed by atoms with van der Waals surface area (Å²) >= 11 is 0. The zero-order valence-electron chi connectivity index (χ0n) is 6.36. The van der Waals surface area contributed by atoms with Crippen LogP contribution in [0.3, 0.4) is 0 Å². The lowest BCUT2D eigenvalue weighted by Crippen LogP contribution is -1.84. The van der Waals surface area contributed by atoms with Crippen molar-refractivity contribution in [3.8, 4) is 0 Å². The Balaban J connectivity index is 2.39. The highest BCUT2D eigenvalue weighted by molar-refractivity contribution is 5.13. The summed E-state index contributed by atoms with van der Waals surface area (Å²) in [7, 11) is 0. The normalized spacial score (nSPS) is 10.3. The van der Waals surface area contributed by atoms with Crippen LogP contribution in [0.5, 0.6) is 0 Å². The van der Waals surface area contributed by atoms with E-state index in [1.54, 1.807) is 12.3 Å². The Morgan fingerprint density at radius 1 is 1.27 bits per heavy atom. The Bertz CT molecular complexity index is 214. The molecule has 0 bridgehead atoms. The van der Waals surface area contributed by atoms with Crippen LogP contribution in [0.15, 0.2) is 42.7 Å². The first-order valence-electron chi connectivity index (χ1n) is 3.53. The van der Waals surface area contributed by atoms with E-state index in [0.29, 0.717) is 6.61 Å². The second-order valence-electron chi connectivity index (χ2n) is 2.17. The molecule has 0 aliphatic rings. The molecule has 0 unspecified atom stereocenters. The Hall–Kier alpha value is -1.24. The van der Waals surface area contributed by atoms with Crippen LogP contribution in [-0.4, -0.2) is 0 Å². The third-order valence-corrected chi connectivity index (χ3v) is 1.29. The van der Waals surface area contributed by atoms with Gasteiger partial charge in [-0.15, -0.1) is 0 Å². The van der Waals surface area contributed by atoms with Gasteiger partial charge in [-0.3, -0.25) is 0 Å². The largest absolute Gasteiger partial charge is 0.497 e. The van der Waals surface area contributed by atoms with Crippen LogP contribution in [0.1, 0.15) is 5.56 Å². The van der Waals surface area contributed by atoms with Crippen molar-refractivity contribution in [2.45, 2.75) is 6.61 Å². The van der Waals surface area contributed by atoms with Crippen LogP contribution < -0.4 is 0 Å². The van der Waals surface area contributed by atoms with Crippen LogP contribution in [-0.2, 0) is 11.3 Å². The van der Waals surface area contributed by atoms with Crippen molar-refractivity contribution in [3.05, 3.63) is 55.2 Å². The highest BCUT2D eigenvalue weighted by Crippen LogP contribution is 1.99. The van der Waals surface area contributed by atoms with Crippen molar-refractivity contribution in [2.24, 2.45) is 0 Å². The van der Waals surface area contributed by atoms with E-state index in [-0.39, 0.29) is 0 Å². The second kappa shape index (κ2) is 4.56. The lowest BCUT2D eigenvalue weighted by molar-refractivity contribution is 0.236. The van der Waals surface area contributed by atoms with E-state index in [1.807, 2.05) is 30.3 Å². The summed E-state index contributed by atoms with van der Waals surface area (Å²) in [6.07, 6.45) is 3.22. The molecule has 1 rings (SSSR count). The van der Waals surface area contributed by atoms with Crippen LogP contribution in [0.4, 0.5) is 0 Å². The van der Waals surface area contributed by atoms with Crippen LogP contribution in [0.2, 0.25) is 0 Å². The Labute approximate surface area is 67.3 Å². The smallest absolute Gasteiger partial charge is 0.112 e. The van der Waals surface area contributed by atoms with Crippen molar-refractivity contribution < 1.29 is 4.74 Å². The van der Waals surface area contributed by atoms with Crippen molar-refractivity contribution in [2.75, 3.05) is 0 Å². The summed E-state index contributed by atoms with van der Waals surface area (Å²) in [4.78, 5) is 0. The molecule has 1 heteroatoms. The van der Waals surface area contributed by atoms with Gasteiger partial charge in [-0.25, -0.2) is 0 Å². The average molecular weight is 147 g/mol. The minimum absolute atomic E-state index is 0.618. The molecule has 1 radical (unpaired) electrons. The molecule has 1 nitrogen and oxygen atoms in total. The van der Waals surface area contributed by atoms with Crippen LogP contribution in [0.25, 0.3) is 0 Å². The van der Waals surface area contributed by atoms with E-state index in [1.165, 1.54) is 5.56 Å². The van der Waals surface area contributed by atoms with Gasteiger partial charge in [0.15, 0.2) is 0 Å². The predicted octanol–water partition coefficient (Wildman–Crippen LogP) is 2.55. The highest BCUT2D eigenvalue weighted by Gasteiger charge is 1.86. The molecule has 0 aliphatic heterocycles. The van der Waals surface area contributed by atoms with Gasteiger partial charge in [0.2, 0.25) is 0 Å². The number of rotatable bonds is 3. The number of ether oxygens (including phenoxy) is 1. The Morgan fingerprint density at radius 3 is 2.64 bits per heavy atom. The Morgan fingerprint density at radius 2 is 2.00 bits per heavy atom. The summed E-state index contributed by atoms with van der Waals surface area (Å²) in [5.41, 5.74) is 1.17. The molecular formula is C10H11O. The highest BCUT2D eigenvalue weighted by atomic mass is 16.5. The van der Waals surface area contributed by atoms with E-state index in [0.717, 1.165) is 0 Å². The fraction of sp³-hybridized carbons (Fsp3) is 0.100. The first-order valence-corrected chi connectivity index (χ1v) is 3.53. The molecule has 0 aliphatic carbocycles. The van der Waals surface area contributed by atoms with Gasteiger partial charge < -0.3 is 4.74 Å². The molecule has 0 atom stereocenters. The van der Waals surface area contributed by atoms with Crippen molar-refractivity contribution in [1.29, 1.82) is 0 Å². The molecule has 0 aromatic heterocycles. The van der Waals surface area contributed by atoms with Gasteiger partial charge in [0.05, 0.1) is 6.26 Å². The minimum Gasteiger partial charge on any atom is -0.497 e. The van der Waals surface area contributed by atoms with Gasteiger partial charge in [0.25, 0.3) is 0 Å². The molecule has 1 aromatic carbocycles. The molecule has 1 aromatic rings. The molecule has 0 fully saturated rings. The van der Waals surface area contributed by atoms with Gasteiger partial charge in [0.1, 0.15) is 6.61 Å². The predicted molar refractivity (Wildman–Crippen MR) is 45.7 cm³/mol. The quantitative estimate of drug-likeness (QED) is 0.597. The summed E-state index contributed by atoms with van der Waals surface area (Å²) in [6, 6.07) is 10.0. The SMILES string of the molecule is [CH2]/C=C/OCc1ccccc1. The zero-order chi connectivity index (χ0) is 7.94. The van der Waals surface area contributed by atoms with E-state index < -0.39 is 0 Å². The van der Waals surface area contributed by atoms with Crippen molar-refractivity contribution in [3.63, 3.8) is 0 Å². The molecule has 0 saturated heterocycles. The topological polar surface area (TPSA) is 9.23 Å². The third-order valence-electron chi connectivity index (χ3n) is 1.29. The van der Waals surface area contributed by atoms with E-state index in [2.05, 4.69) is 6.92 Å². The van der Waals surface area contributed by atoms with E-state index in [9.17, 15) is 0 Å². The zero-order valence-corrected chi connectivity index (χ0v) is 6.36. The van der Waals surface area contributed by atoms with Crippen molar-refractivity contribution >= 4 is 0 Å². The lowest BCUT2D eigenvalue weighted by Gasteiger charge is -1.98. The summed E-state index contributed by atoms with van der Waals surface area (Å²) in [5.74, 6) is 0. The maximum Gasteiger partial charge on any atom is 0.112 e. The maximum absolute atomic E-state index is 5.13. The van der Waals surface area contributed by atoms with E-state index >= 15 is 0 Å². The fourth-order valence-corrected chi connectivity index (χ4v) is 0.787. The minimum atomic E-state index is 0.618. The lowest BCUT2D eigenvalue weighted by atomic mass is 10.2. The number of hydrogen-bond acceptors (Lipinski definition) is 1.